The minimum absolute atomic E-state index is 0.0636. The third-order valence-electron chi connectivity index (χ3n) is 3.40. The first-order chi connectivity index (χ1) is 10.6. The molecular weight excluding hydrogens is 329 g/mol. The molecule has 22 heavy (non-hydrogen) atoms. The molecule has 1 aromatic carbocycles. The number of amides is 1. The van der Waals surface area contributed by atoms with Crippen molar-refractivity contribution in [3.05, 3.63) is 40.1 Å². The van der Waals surface area contributed by atoms with E-state index in [0.717, 1.165) is 5.56 Å². The first-order valence-electron chi connectivity index (χ1n) is 6.68. The summed E-state index contributed by atoms with van der Waals surface area (Å²) in [4.78, 5) is 15.2. The maximum absolute atomic E-state index is 12.3. The van der Waals surface area contributed by atoms with Gasteiger partial charge in [0.25, 0.3) is 0 Å². The minimum Gasteiger partial charge on any atom is -0.370 e. The highest BCUT2D eigenvalue weighted by Crippen LogP contribution is 2.29. The Morgan fingerprint density at radius 3 is 2.95 bits per heavy atom. The summed E-state index contributed by atoms with van der Waals surface area (Å²) in [6.07, 6.45) is 1.07. The molecule has 3 rings (SSSR count). The Balaban J connectivity index is 1.68. The zero-order valence-electron chi connectivity index (χ0n) is 11.5. The van der Waals surface area contributed by atoms with Crippen LogP contribution in [0.2, 0.25) is 10.0 Å². The van der Waals surface area contributed by atoms with Crippen LogP contribution in [0.1, 0.15) is 11.7 Å². The van der Waals surface area contributed by atoms with E-state index >= 15 is 0 Å². The number of rotatable bonds is 3. The van der Waals surface area contributed by atoms with E-state index in [0.29, 0.717) is 29.7 Å². The van der Waals surface area contributed by atoms with Gasteiger partial charge in [0.05, 0.1) is 23.2 Å². The fraction of sp³-hybridized carbons (Fsp3) is 0.385. The van der Waals surface area contributed by atoms with Crippen LogP contribution in [0.15, 0.2) is 24.5 Å². The zero-order chi connectivity index (χ0) is 15.5. The van der Waals surface area contributed by atoms with Crippen LogP contribution >= 0.6 is 23.2 Å². The van der Waals surface area contributed by atoms with Gasteiger partial charge in [0.2, 0.25) is 5.91 Å². The van der Waals surface area contributed by atoms with Crippen LogP contribution in [-0.2, 0) is 16.1 Å². The van der Waals surface area contributed by atoms with Crippen molar-refractivity contribution < 1.29 is 9.53 Å². The molecule has 2 aromatic rings. The fourth-order valence-electron chi connectivity index (χ4n) is 2.27. The summed E-state index contributed by atoms with van der Waals surface area (Å²) in [7, 11) is 0. The van der Waals surface area contributed by atoms with Gasteiger partial charge in [0.1, 0.15) is 12.6 Å². The minimum atomic E-state index is -0.226. The molecule has 0 bridgehead atoms. The molecule has 2 heterocycles. The van der Waals surface area contributed by atoms with Crippen LogP contribution in [0.4, 0.5) is 0 Å². The van der Waals surface area contributed by atoms with Crippen LogP contribution in [0.5, 0.6) is 0 Å². The topological polar surface area (TPSA) is 73.1 Å². The van der Waals surface area contributed by atoms with Crippen LogP contribution in [0.3, 0.4) is 0 Å². The number of carbonyl (C=O) groups excluding carboxylic acids is 1. The van der Waals surface area contributed by atoms with Crippen LogP contribution in [-0.4, -0.2) is 50.7 Å². The summed E-state index contributed by atoms with van der Waals surface area (Å²) in [6, 6.07) is 5.34. The standard InChI is InChI=1S/C13H13Cl2N5O2/c14-10-2-1-9(5-11(10)15)12-6-19(3-4-22-12)13(21)7-20-17-8-16-18-20/h1-2,5,8,12H,3-4,6-7H2. The number of carbonyl (C=O) groups is 1. The van der Waals surface area contributed by atoms with E-state index in [1.165, 1.54) is 11.1 Å². The van der Waals surface area contributed by atoms with Gasteiger partial charge in [-0.25, -0.2) is 0 Å². The van der Waals surface area contributed by atoms with Gasteiger partial charge in [-0.2, -0.15) is 4.80 Å². The lowest BCUT2D eigenvalue weighted by atomic mass is 10.1. The summed E-state index contributed by atoms with van der Waals surface area (Å²) in [6.45, 7) is 1.51. The van der Waals surface area contributed by atoms with Gasteiger partial charge in [-0.15, -0.1) is 10.2 Å². The molecule has 0 N–H and O–H groups in total. The van der Waals surface area contributed by atoms with Crippen molar-refractivity contribution in [2.24, 2.45) is 0 Å². The summed E-state index contributed by atoms with van der Waals surface area (Å²) < 4.78 is 5.73. The quantitative estimate of drug-likeness (QED) is 0.847. The molecular formula is C13H13Cl2N5O2. The van der Waals surface area contributed by atoms with Crippen molar-refractivity contribution in [1.29, 1.82) is 0 Å². The molecule has 9 heteroatoms. The molecule has 0 saturated carbocycles. The smallest absolute Gasteiger partial charge is 0.246 e. The molecule has 0 spiro atoms. The van der Waals surface area contributed by atoms with Gasteiger partial charge in [-0.1, -0.05) is 29.3 Å². The highest BCUT2D eigenvalue weighted by atomic mass is 35.5. The SMILES string of the molecule is O=C(Cn1ncnn1)N1CCOC(c2ccc(Cl)c(Cl)c2)C1. The molecule has 0 radical (unpaired) electrons. The van der Waals surface area contributed by atoms with Gasteiger partial charge in [0, 0.05) is 6.54 Å². The highest BCUT2D eigenvalue weighted by molar-refractivity contribution is 6.42. The number of morpholine rings is 1. The highest BCUT2D eigenvalue weighted by Gasteiger charge is 2.26. The van der Waals surface area contributed by atoms with E-state index in [9.17, 15) is 4.79 Å². The van der Waals surface area contributed by atoms with Gasteiger partial charge >= 0.3 is 0 Å². The zero-order valence-corrected chi connectivity index (χ0v) is 13.0. The number of halogens is 2. The molecule has 1 saturated heterocycles. The Bertz CT molecular complexity index is 664. The van der Waals surface area contributed by atoms with Crippen molar-refractivity contribution in [2.45, 2.75) is 12.6 Å². The van der Waals surface area contributed by atoms with E-state index in [1.54, 1.807) is 17.0 Å². The summed E-state index contributed by atoms with van der Waals surface area (Å²) >= 11 is 12.0. The average Bonchev–Trinajstić information content (AvgIpc) is 3.03. The second kappa shape index (κ2) is 6.60. The monoisotopic (exact) mass is 341 g/mol. The van der Waals surface area contributed by atoms with Crippen LogP contribution < -0.4 is 0 Å². The summed E-state index contributed by atoms with van der Waals surface area (Å²) in [5.41, 5.74) is 0.894. The molecule has 1 aliphatic rings. The Morgan fingerprint density at radius 2 is 2.23 bits per heavy atom. The Kier molecular flexibility index (Phi) is 4.56. The number of hydrogen-bond acceptors (Lipinski definition) is 5. The largest absolute Gasteiger partial charge is 0.370 e. The average molecular weight is 342 g/mol. The number of aromatic nitrogens is 4. The number of benzene rings is 1. The fourth-order valence-corrected chi connectivity index (χ4v) is 2.58. The van der Waals surface area contributed by atoms with Gasteiger partial charge in [-0.05, 0) is 22.9 Å². The number of tetrazole rings is 1. The summed E-state index contributed by atoms with van der Waals surface area (Å²) in [5.74, 6) is -0.0774. The van der Waals surface area contributed by atoms with E-state index < -0.39 is 0 Å². The van der Waals surface area contributed by atoms with Crippen molar-refractivity contribution in [1.82, 2.24) is 25.1 Å². The second-order valence-electron chi connectivity index (χ2n) is 4.84. The van der Waals surface area contributed by atoms with E-state index in [2.05, 4.69) is 15.4 Å². The lowest BCUT2D eigenvalue weighted by Gasteiger charge is -2.33. The predicted octanol–water partition coefficient (Wildman–Crippen LogP) is 1.58. The number of hydrogen-bond donors (Lipinski definition) is 0. The first-order valence-corrected chi connectivity index (χ1v) is 7.44. The predicted molar refractivity (Wildman–Crippen MR) is 79.6 cm³/mol. The second-order valence-corrected chi connectivity index (χ2v) is 5.65. The molecule has 1 aliphatic heterocycles. The Labute approximate surface area is 136 Å². The third-order valence-corrected chi connectivity index (χ3v) is 4.14. The van der Waals surface area contributed by atoms with Gasteiger partial charge in [-0.3, -0.25) is 4.79 Å². The first kappa shape index (κ1) is 15.2. The van der Waals surface area contributed by atoms with Crippen molar-refractivity contribution >= 4 is 29.1 Å². The van der Waals surface area contributed by atoms with E-state index in [4.69, 9.17) is 27.9 Å². The van der Waals surface area contributed by atoms with Crippen molar-refractivity contribution in [2.75, 3.05) is 19.7 Å². The molecule has 1 atom stereocenters. The molecule has 1 unspecified atom stereocenters. The normalized spacial score (nSPS) is 18.5. The maximum atomic E-state index is 12.3. The molecule has 1 fully saturated rings. The van der Waals surface area contributed by atoms with Gasteiger partial charge in [0.15, 0.2) is 6.33 Å². The number of ether oxygens (including phenoxy) is 1. The van der Waals surface area contributed by atoms with E-state index in [-0.39, 0.29) is 18.6 Å². The number of nitrogens with zero attached hydrogens (tertiary/aromatic N) is 5. The summed E-state index contributed by atoms with van der Waals surface area (Å²) in [5, 5.41) is 12.1. The van der Waals surface area contributed by atoms with Crippen molar-refractivity contribution in [3.8, 4) is 0 Å². The van der Waals surface area contributed by atoms with Crippen molar-refractivity contribution in [3.63, 3.8) is 0 Å². The maximum Gasteiger partial charge on any atom is 0.246 e. The van der Waals surface area contributed by atoms with Crippen LogP contribution in [0.25, 0.3) is 0 Å². The molecule has 1 amide bonds. The Morgan fingerprint density at radius 1 is 1.36 bits per heavy atom. The molecule has 0 aliphatic carbocycles. The molecule has 1 aromatic heterocycles. The Hall–Kier alpha value is -1.70. The molecule has 7 nitrogen and oxygen atoms in total. The lowest BCUT2D eigenvalue weighted by Crippen LogP contribution is -2.43. The lowest BCUT2D eigenvalue weighted by molar-refractivity contribution is -0.140. The van der Waals surface area contributed by atoms with E-state index in [1.807, 2.05) is 6.07 Å². The van der Waals surface area contributed by atoms with Gasteiger partial charge < -0.3 is 9.64 Å². The van der Waals surface area contributed by atoms with Crippen LogP contribution in [0, 0.1) is 0 Å². The third kappa shape index (κ3) is 3.37. The molecule has 116 valence electrons.